The van der Waals surface area contributed by atoms with E-state index in [1.165, 1.54) is 0 Å². The maximum atomic E-state index is 12.4. The summed E-state index contributed by atoms with van der Waals surface area (Å²) in [7, 11) is 1.86. The van der Waals surface area contributed by atoms with Gasteiger partial charge in [-0.05, 0) is 33.8 Å². The summed E-state index contributed by atoms with van der Waals surface area (Å²) < 4.78 is 0. The van der Waals surface area contributed by atoms with Gasteiger partial charge in [-0.15, -0.1) is 0 Å². The number of rotatable bonds is 2. The molecule has 0 unspecified atom stereocenters. The summed E-state index contributed by atoms with van der Waals surface area (Å²) in [4.78, 5) is 20.9. The van der Waals surface area contributed by atoms with Gasteiger partial charge in [0, 0.05) is 49.3 Å². The van der Waals surface area contributed by atoms with Gasteiger partial charge in [0.25, 0.3) is 0 Å². The van der Waals surface area contributed by atoms with Gasteiger partial charge in [-0.2, -0.15) is 0 Å². The first kappa shape index (κ1) is 14.8. The van der Waals surface area contributed by atoms with Crippen LogP contribution in [0.15, 0.2) is 6.07 Å². The molecular formula is C15H24N4O. The second-order valence-corrected chi connectivity index (χ2v) is 5.99. The highest BCUT2D eigenvalue weighted by atomic mass is 16.2. The fourth-order valence-electron chi connectivity index (χ4n) is 2.96. The lowest BCUT2D eigenvalue weighted by molar-refractivity contribution is -0.136. The molecule has 1 fully saturated rings. The van der Waals surface area contributed by atoms with Gasteiger partial charge in [0.2, 0.25) is 5.91 Å². The number of aryl methyl sites for hydroxylation is 2. The van der Waals surface area contributed by atoms with E-state index in [4.69, 9.17) is 5.73 Å². The molecule has 5 nitrogen and oxygen atoms in total. The van der Waals surface area contributed by atoms with Crippen LogP contribution in [-0.4, -0.2) is 41.5 Å². The van der Waals surface area contributed by atoms with Gasteiger partial charge < -0.3 is 15.5 Å². The van der Waals surface area contributed by atoms with Gasteiger partial charge in [0.05, 0.1) is 0 Å². The Kier molecular flexibility index (Phi) is 3.73. The van der Waals surface area contributed by atoms with Crippen molar-refractivity contribution < 1.29 is 4.79 Å². The van der Waals surface area contributed by atoms with Crippen molar-refractivity contribution in [3.05, 3.63) is 23.0 Å². The number of hydrogen-bond acceptors (Lipinski definition) is 4. The number of nitrogens with two attached hydrogens (primary N) is 1. The Balaban J connectivity index is 2.53. The maximum absolute atomic E-state index is 12.4. The topological polar surface area (TPSA) is 62.5 Å². The van der Waals surface area contributed by atoms with Crippen molar-refractivity contribution >= 4 is 11.6 Å². The van der Waals surface area contributed by atoms with Crippen molar-refractivity contribution in [2.75, 3.05) is 25.0 Å². The van der Waals surface area contributed by atoms with Crippen LogP contribution in [-0.2, 0) is 11.3 Å². The highest BCUT2D eigenvalue weighted by molar-refractivity contribution is 5.90. The zero-order valence-electron chi connectivity index (χ0n) is 13.0. The molecule has 5 heteroatoms. The minimum atomic E-state index is -0.558. The Labute approximate surface area is 120 Å². The van der Waals surface area contributed by atoms with E-state index in [0.717, 1.165) is 35.7 Å². The van der Waals surface area contributed by atoms with Gasteiger partial charge in [0.1, 0.15) is 5.54 Å². The van der Waals surface area contributed by atoms with Crippen LogP contribution in [0.5, 0.6) is 0 Å². The molecule has 0 radical (unpaired) electrons. The van der Waals surface area contributed by atoms with Crippen LogP contribution in [0.1, 0.15) is 30.8 Å². The molecule has 1 aromatic rings. The van der Waals surface area contributed by atoms with Gasteiger partial charge >= 0.3 is 0 Å². The largest absolute Gasteiger partial charge is 0.355 e. The lowest BCUT2D eigenvalue weighted by atomic mass is 9.95. The molecule has 0 bridgehead atoms. The zero-order valence-corrected chi connectivity index (χ0v) is 13.0. The van der Waals surface area contributed by atoms with E-state index < -0.39 is 5.54 Å². The Morgan fingerprint density at radius 2 is 2.00 bits per heavy atom. The van der Waals surface area contributed by atoms with Gasteiger partial charge in [-0.25, -0.2) is 0 Å². The zero-order chi connectivity index (χ0) is 15.1. The number of carbonyl (C=O) groups excluding carboxylic acids is 1. The molecule has 1 aliphatic rings. The monoisotopic (exact) mass is 276 g/mol. The second-order valence-electron chi connectivity index (χ2n) is 5.99. The molecule has 1 aromatic heterocycles. The molecule has 0 atom stereocenters. The fourth-order valence-corrected chi connectivity index (χ4v) is 2.96. The predicted molar refractivity (Wildman–Crippen MR) is 80.7 cm³/mol. The van der Waals surface area contributed by atoms with Crippen LogP contribution >= 0.6 is 0 Å². The molecular weight excluding hydrogens is 252 g/mol. The van der Waals surface area contributed by atoms with E-state index in [0.29, 0.717) is 6.54 Å². The van der Waals surface area contributed by atoms with Crippen LogP contribution in [0.25, 0.3) is 0 Å². The normalized spacial score (nSPS) is 18.6. The van der Waals surface area contributed by atoms with E-state index >= 15 is 0 Å². The molecule has 2 heterocycles. The summed E-state index contributed by atoms with van der Waals surface area (Å²) >= 11 is 0. The van der Waals surface area contributed by atoms with Crippen LogP contribution < -0.4 is 10.6 Å². The number of likely N-dealkylation sites (N-methyl/N-ethyl adjacent to an activating group) is 1. The first-order chi connectivity index (χ1) is 9.28. The van der Waals surface area contributed by atoms with Gasteiger partial charge in [-0.3, -0.25) is 9.78 Å². The summed E-state index contributed by atoms with van der Waals surface area (Å²) in [5.74, 6) is 0.138. The van der Waals surface area contributed by atoms with E-state index in [9.17, 15) is 4.79 Å². The number of aromatic nitrogens is 1. The number of carbonyl (C=O) groups is 1. The minimum Gasteiger partial charge on any atom is -0.355 e. The molecule has 2 rings (SSSR count). The average Bonchev–Trinajstić information content (AvgIpc) is 2.35. The van der Waals surface area contributed by atoms with Crippen molar-refractivity contribution in [3.63, 3.8) is 0 Å². The van der Waals surface area contributed by atoms with Crippen molar-refractivity contribution in [2.24, 2.45) is 5.73 Å². The first-order valence-corrected chi connectivity index (χ1v) is 6.99. The van der Waals surface area contributed by atoms with Crippen LogP contribution in [0.2, 0.25) is 0 Å². The summed E-state index contributed by atoms with van der Waals surface area (Å²) in [6.45, 7) is 9.86. The lowest BCUT2D eigenvalue weighted by Gasteiger charge is -2.47. The number of piperazine rings is 1. The molecule has 1 aliphatic heterocycles. The van der Waals surface area contributed by atoms with Crippen molar-refractivity contribution in [3.8, 4) is 0 Å². The van der Waals surface area contributed by atoms with E-state index in [1.807, 2.05) is 40.8 Å². The molecule has 1 amide bonds. The highest BCUT2D eigenvalue weighted by Gasteiger charge is 2.41. The van der Waals surface area contributed by atoms with E-state index in [2.05, 4.69) is 9.88 Å². The Hall–Kier alpha value is -1.62. The molecule has 0 aliphatic carbocycles. The van der Waals surface area contributed by atoms with Gasteiger partial charge in [0.15, 0.2) is 0 Å². The van der Waals surface area contributed by atoms with Crippen LogP contribution in [0, 0.1) is 13.8 Å². The Bertz CT molecular complexity index is 539. The first-order valence-electron chi connectivity index (χ1n) is 6.99. The second kappa shape index (κ2) is 5.05. The molecule has 0 aromatic carbocycles. The number of nitrogens with zero attached hydrogens (tertiary/aromatic N) is 3. The molecule has 0 spiro atoms. The van der Waals surface area contributed by atoms with Crippen molar-refractivity contribution in [2.45, 2.75) is 39.8 Å². The summed E-state index contributed by atoms with van der Waals surface area (Å²) in [5.41, 5.74) is 9.32. The third-order valence-corrected chi connectivity index (χ3v) is 4.13. The van der Waals surface area contributed by atoms with Crippen molar-refractivity contribution in [1.82, 2.24) is 9.88 Å². The highest BCUT2D eigenvalue weighted by Crippen LogP contribution is 2.32. The summed E-state index contributed by atoms with van der Waals surface area (Å²) in [5, 5.41) is 0. The van der Waals surface area contributed by atoms with Crippen LogP contribution in [0.3, 0.4) is 0 Å². The lowest BCUT2D eigenvalue weighted by Crippen LogP contribution is -2.62. The summed E-state index contributed by atoms with van der Waals surface area (Å²) in [6.07, 6.45) is 0. The number of anilines is 1. The fraction of sp³-hybridized carbons (Fsp3) is 0.600. The molecule has 2 N–H and O–H groups in total. The number of pyridine rings is 1. The smallest absolute Gasteiger partial charge is 0.247 e. The number of hydrogen-bond donors (Lipinski definition) is 1. The standard InChI is InChI=1S/C15H24N4O/c1-10-8-13(12(9-16)11(2)17-10)19-7-6-18(5)14(20)15(19,3)4/h8H,6-7,9,16H2,1-5H3. The molecule has 110 valence electrons. The van der Waals surface area contributed by atoms with Gasteiger partial charge in [-0.1, -0.05) is 0 Å². The molecule has 0 saturated carbocycles. The van der Waals surface area contributed by atoms with Crippen molar-refractivity contribution in [1.29, 1.82) is 0 Å². The third-order valence-electron chi connectivity index (χ3n) is 4.13. The predicted octanol–water partition coefficient (Wildman–Crippen LogP) is 1.21. The minimum absolute atomic E-state index is 0.138. The molecule has 20 heavy (non-hydrogen) atoms. The Morgan fingerprint density at radius 3 is 2.60 bits per heavy atom. The van der Waals surface area contributed by atoms with E-state index in [1.54, 1.807) is 4.90 Å². The maximum Gasteiger partial charge on any atom is 0.247 e. The summed E-state index contributed by atoms with van der Waals surface area (Å²) in [6, 6.07) is 2.04. The van der Waals surface area contributed by atoms with E-state index in [-0.39, 0.29) is 5.91 Å². The van der Waals surface area contributed by atoms with Crippen LogP contribution in [0.4, 0.5) is 5.69 Å². The average molecular weight is 276 g/mol. The SMILES string of the molecule is Cc1cc(N2CCN(C)C(=O)C2(C)C)c(CN)c(C)n1. The quantitative estimate of drug-likeness (QED) is 0.882. The number of amides is 1. The third kappa shape index (κ3) is 2.26. The Morgan fingerprint density at radius 1 is 1.35 bits per heavy atom. The molecule has 1 saturated heterocycles.